The van der Waals surface area contributed by atoms with Crippen molar-refractivity contribution < 1.29 is 56.1 Å². The predicted molar refractivity (Wildman–Crippen MR) is 92.6 cm³/mol. The Bertz CT molecular complexity index is 951. The van der Waals surface area contributed by atoms with E-state index in [1.807, 2.05) is 0 Å². The van der Waals surface area contributed by atoms with Gasteiger partial charge in [-0.2, -0.15) is 9.98 Å². The fourth-order valence-electron chi connectivity index (χ4n) is 2.59. The van der Waals surface area contributed by atoms with Crippen molar-refractivity contribution in [3.8, 4) is 0 Å². The first-order chi connectivity index (χ1) is 14.0. The highest BCUT2D eigenvalue weighted by Gasteiger charge is 2.49. The van der Waals surface area contributed by atoms with Gasteiger partial charge in [0, 0.05) is 24.2 Å². The Hall–Kier alpha value is -1.90. The summed E-state index contributed by atoms with van der Waals surface area (Å²) < 4.78 is 50.9. The van der Waals surface area contributed by atoms with Crippen LogP contribution in [0.5, 0.6) is 0 Å². The number of hydrogen-bond acceptors (Lipinski definition) is 11. The number of aliphatic hydroxyl groups excluding tert-OH is 1. The van der Waals surface area contributed by atoms with Crippen molar-refractivity contribution in [3.63, 3.8) is 0 Å². The number of urea groups is 1. The molecule has 162 valence electrons. The number of nitrogens with zero attached hydrogens (tertiary/aromatic N) is 3. The van der Waals surface area contributed by atoms with Crippen molar-refractivity contribution in [1.82, 2.24) is 10.2 Å². The number of guanidine groups is 1. The molecule has 3 amide bonds. The lowest BCUT2D eigenvalue weighted by molar-refractivity contribution is -0.113. The molecule has 1 saturated heterocycles. The van der Waals surface area contributed by atoms with Crippen LogP contribution in [0.15, 0.2) is 9.98 Å². The maximum Gasteiger partial charge on any atom is 0.708 e. The lowest BCUT2D eigenvalue weighted by Crippen LogP contribution is -2.50. The molecular formula is C10H12N5O12P3+2. The third-order valence-electron chi connectivity index (χ3n) is 3.70. The number of nitrogens with one attached hydrogen (secondary N) is 2. The molecule has 0 radical (unpaired) electrons. The van der Waals surface area contributed by atoms with Crippen LogP contribution >= 0.6 is 24.3 Å². The van der Waals surface area contributed by atoms with Crippen LogP contribution in [0.4, 0.5) is 4.79 Å². The zero-order chi connectivity index (χ0) is 22.2. The van der Waals surface area contributed by atoms with Crippen LogP contribution in [-0.2, 0) is 36.4 Å². The second kappa shape index (κ2) is 8.69. The van der Waals surface area contributed by atoms with Gasteiger partial charge in [-0.3, -0.25) is 20.4 Å². The maximum atomic E-state index is 12.1. The van der Waals surface area contributed by atoms with E-state index < -0.39 is 67.3 Å². The van der Waals surface area contributed by atoms with E-state index in [4.69, 9.17) is 19.9 Å². The molecule has 6 atom stereocenters. The molecule has 1 fully saturated rings. The molecule has 30 heavy (non-hydrogen) atoms. The number of amidine groups is 1. The SMILES string of the molecule is N=C1N=C2C(=NC(=O)N2[C@H]2C[C@H](O)[C@@H](CO[P+](=O)OP(=O)(O)O[P+](=O)O)O2)C(=O)N1. The van der Waals surface area contributed by atoms with Crippen molar-refractivity contribution in [2.24, 2.45) is 9.98 Å². The van der Waals surface area contributed by atoms with Gasteiger partial charge in [0.05, 0.1) is 6.10 Å². The number of ether oxygens (including phenoxy) is 1. The Kier molecular flexibility index (Phi) is 6.60. The van der Waals surface area contributed by atoms with Crippen LogP contribution in [-0.4, -0.2) is 74.3 Å². The van der Waals surface area contributed by atoms with Gasteiger partial charge in [0.15, 0.2) is 11.5 Å². The molecule has 0 aromatic rings. The first kappa shape index (κ1) is 22.8. The average molecular weight is 487 g/mol. The lowest BCUT2D eigenvalue weighted by Gasteiger charge is -2.24. The molecule has 0 aliphatic carbocycles. The van der Waals surface area contributed by atoms with E-state index in [1.165, 1.54) is 0 Å². The molecule has 5 N–H and O–H groups in total. The lowest BCUT2D eigenvalue weighted by atomic mass is 10.2. The number of carbonyl (C=O) groups is 2. The second-order valence-electron chi connectivity index (χ2n) is 5.67. The Morgan fingerprint density at radius 1 is 1.33 bits per heavy atom. The van der Waals surface area contributed by atoms with Gasteiger partial charge < -0.3 is 9.84 Å². The first-order valence-electron chi connectivity index (χ1n) is 7.70. The summed E-state index contributed by atoms with van der Waals surface area (Å²) in [6.07, 6.45) is -3.82. The van der Waals surface area contributed by atoms with E-state index in [1.54, 1.807) is 0 Å². The summed E-state index contributed by atoms with van der Waals surface area (Å²) in [4.78, 5) is 49.5. The minimum Gasteiger partial charge on any atom is -0.390 e. The number of amides is 3. The summed E-state index contributed by atoms with van der Waals surface area (Å²) in [6.45, 7) is -0.642. The summed E-state index contributed by atoms with van der Waals surface area (Å²) in [5, 5.41) is 19.6. The van der Waals surface area contributed by atoms with E-state index in [-0.39, 0.29) is 18.0 Å². The molecule has 3 aliphatic heterocycles. The summed E-state index contributed by atoms with van der Waals surface area (Å²) >= 11 is 0. The summed E-state index contributed by atoms with van der Waals surface area (Å²) in [5.74, 6) is -1.58. The van der Waals surface area contributed by atoms with Crippen LogP contribution in [0.2, 0.25) is 0 Å². The molecule has 0 aromatic carbocycles. The fourth-order valence-corrected chi connectivity index (χ4v) is 4.82. The van der Waals surface area contributed by atoms with Crippen molar-refractivity contribution in [2.75, 3.05) is 6.61 Å². The number of carbonyl (C=O) groups excluding carboxylic acids is 2. The number of hydrogen-bond donors (Lipinski definition) is 5. The van der Waals surface area contributed by atoms with Gasteiger partial charge in [0.1, 0.15) is 18.9 Å². The van der Waals surface area contributed by atoms with Crippen molar-refractivity contribution in [1.29, 1.82) is 5.41 Å². The van der Waals surface area contributed by atoms with E-state index in [0.717, 1.165) is 4.90 Å². The molecule has 0 saturated carbocycles. The van der Waals surface area contributed by atoms with Gasteiger partial charge in [-0.25, -0.2) is 14.3 Å². The van der Waals surface area contributed by atoms with Crippen molar-refractivity contribution in [2.45, 2.75) is 24.9 Å². The van der Waals surface area contributed by atoms with E-state index >= 15 is 0 Å². The summed E-state index contributed by atoms with van der Waals surface area (Å²) in [5.41, 5.74) is -0.328. The molecule has 3 unspecified atom stereocenters. The molecular weight excluding hydrogens is 475 g/mol. The van der Waals surface area contributed by atoms with Crippen LogP contribution in [0.1, 0.15) is 6.42 Å². The number of rotatable bonds is 8. The van der Waals surface area contributed by atoms with Crippen molar-refractivity contribution >= 4 is 53.8 Å². The minimum atomic E-state index is -5.13. The maximum absolute atomic E-state index is 12.1. The molecule has 17 nitrogen and oxygen atoms in total. The van der Waals surface area contributed by atoms with Gasteiger partial charge in [-0.1, -0.05) is 0 Å². The standard InChI is InChI=1S/C10H10N5O12P3/c11-9-13-7-6(8(17)14-9)12-10(18)15(7)5-1-3(16)4(25-5)2-24-29(21)27-30(22,23)26-28(19)20/h3-5,16H,1-2H2,(H2-2,11,14,17,19,20,22,23)/p+2/t3-,4+,5+/m0/s1. The van der Waals surface area contributed by atoms with E-state index in [2.05, 4.69) is 28.4 Å². The second-order valence-corrected chi connectivity index (χ2v) is 9.10. The molecule has 0 spiro atoms. The monoisotopic (exact) mass is 487 g/mol. The summed E-state index contributed by atoms with van der Waals surface area (Å²) in [6, 6.07) is -0.918. The highest BCUT2D eigenvalue weighted by molar-refractivity contribution is 7.61. The number of fused-ring (bicyclic) bond motifs is 1. The van der Waals surface area contributed by atoms with Gasteiger partial charge in [-0.05, 0) is 0 Å². The van der Waals surface area contributed by atoms with Crippen LogP contribution < -0.4 is 5.32 Å². The van der Waals surface area contributed by atoms with Crippen molar-refractivity contribution in [3.05, 3.63) is 0 Å². The fraction of sp³-hybridized carbons (Fsp3) is 0.500. The minimum absolute atomic E-state index is 0.194. The smallest absolute Gasteiger partial charge is 0.390 e. The molecule has 3 rings (SSSR count). The Morgan fingerprint density at radius 3 is 2.70 bits per heavy atom. The molecule has 20 heteroatoms. The number of aliphatic hydroxyl groups is 1. The Morgan fingerprint density at radius 2 is 2.03 bits per heavy atom. The molecule has 3 aliphatic rings. The van der Waals surface area contributed by atoms with Gasteiger partial charge >= 0.3 is 30.4 Å². The van der Waals surface area contributed by atoms with Crippen LogP contribution in [0, 0.1) is 5.41 Å². The van der Waals surface area contributed by atoms with Crippen LogP contribution in [0.3, 0.4) is 0 Å². The largest absolute Gasteiger partial charge is 0.708 e. The predicted octanol–water partition coefficient (Wildman–Crippen LogP) is -0.741. The highest BCUT2D eigenvalue weighted by atomic mass is 31.3. The Labute approximate surface area is 167 Å². The highest BCUT2D eigenvalue weighted by Crippen LogP contribution is 2.57. The zero-order valence-corrected chi connectivity index (χ0v) is 17.0. The third-order valence-corrected chi connectivity index (χ3v) is 6.80. The average Bonchev–Trinajstić information content (AvgIpc) is 3.10. The molecule has 0 bridgehead atoms. The quantitative estimate of drug-likeness (QED) is 0.266. The number of phosphoric acid groups is 1. The zero-order valence-electron chi connectivity index (χ0n) is 14.3. The topological polar surface area (TPSA) is 247 Å². The summed E-state index contributed by atoms with van der Waals surface area (Å²) in [7, 11) is -12.0. The van der Waals surface area contributed by atoms with Gasteiger partial charge in [0.2, 0.25) is 5.96 Å². The third kappa shape index (κ3) is 5.04. The Balaban J connectivity index is 1.60. The molecule has 3 heterocycles. The normalized spacial score (nSPS) is 29.1. The van der Waals surface area contributed by atoms with Gasteiger partial charge in [-0.15, -0.1) is 9.42 Å². The van der Waals surface area contributed by atoms with Crippen LogP contribution in [0.25, 0.3) is 0 Å². The first-order valence-corrected chi connectivity index (χ1v) is 11.4. The van der Waals surface area contributed by atoms with E-state index in [0.29, 0.717) is 0 Å². The molecule has 0 aromatic heterocycles. The van der Waals surface area contributed by atoms with E-state index in [9.17, 15) is 28.4 Å². The van der Waals surface area contributed by atoms with Gasteiger partial charge in [0.25, 0.3) is 5.91 Å². The number of aliphatic imine (C=N–C) groups is 2.